The van der Waals surface area contributed by atoms with E-state index in [1.807, 2.05) is 0 Å². The molecule has 1 aliphatic carbocycles. The second-order valence-electron chi connectivity index (χ2n) is 5.10. The smallest absolute Gasteiger partial charge is 0.00200 e. The summed E-state index contributed by atoms with van der Waals surface area (Å²) in [6.45, 7) is 4.94. The summed E-state index contributed by atoms with van der Waals surface area (Å²) >= 11 is 0. The van der Waals surface area contributed by atoms with Crippen LogP contribution >= 0.6 is 0 Å². The first kappa shape index (κ1) is 9.51. The number of nitrogens with one attached hydrogen (secondary N) is 1. The lowest BCUT2D eigenvalue weighted by atomic mass is 9.64. The molecule has 1 N–H and O–H groups in total. The summed E-state index contributed by atoms with van der Waals surface area (Å²) in [6.07, 6.45) is 10.4. The standard InChI is InChI=1S/C12H23N/c1-2-12(6-3-7-12)8-4-11-5-9-13-10-11/h11,13H,2-10H2,1H3. The van der Waals surface area contributed by atoms with Crippen molar-refractivity contribution in [2.24, 2.45) is 11.3 Å². The van der Waals surface area contributed by atoms with Crippen LogP contribution in [0.1, 0.15) is 51.9 Å². The van der Waals surface area contributed by atoms with Crippen LogP contribution in [0.25, 0.3) is 0 Å². The van der Waals surface area contributed by atoms with E-state index in [-0.39, 0.29) is 0 Å². The molecule has 1 atom stereocenters. The normalized spacial score (nSPS) is 31.6. The molecule has 0 amide bonds. The average molecular weight is 181 g/mol. The molecule has 0 aromatic carbocycles. The highest BCUT2D eigenvalue weighted by atomic mass is 14.9. The van der Waals surface area contributed by atoms with E-state index >= 15 is 0 Å². The maximum absolute atomic E-state index is 3.46. The zero-order valence-corrected chi connectivity index (χ0v) is 8.94. The molecule has 0 aromatic heterocycles. The summed E-state index contributed by atoms with van der Waals surface area (Å²) in [5.41, 5.74) is 0.794. The van der Waals surface area contributed by atoms with Gasteiger partial charge < -0.3 is 5.32 Å². The van der Waals surface area contributed by atoms with E-state index in [1.54, 1.807) is 0 Å². The van der Waals surface area contributed by atoms with E-state index in [9.17, 15) is 0 Å². The molecular formula is C12H23N. The van der Waals surface area contributed by atoms with Crippen molar-refractivity contribution < 1.29 is 0 Å². The van der Waals surface area contributed by atoms with Crippen LogP contribution in [0, 0.1) is 11.3 Å². The summed E-state index contributed by atoms with van der Waals surface area (Å²) < 4.78 is 0. The Bertz CT molecular complexity index is 149. The number of hydrogen-bond acceptors (Lipinski definition) is 1. The van der Waals surface area contributed by atoms with Crippen molar-refractivity contribution in [3.8, 4) is 0 Å². The van der Waals surface area contributed by atoms with Crippen LogP contribution in [-0.4, -0.2) is 13.1 Å². The zero-order valence-electron chi connectivity index (χ0n) is 8.94. The van der Waals surface area contributed by atoms with Crippen molar-refractivity contribution in [1.82, 2.24) is 5.32 Å². The minimum atomic E-state index is 0.794. The van der Waals surface area contributed by atoms with Gasteiger partial charge in [0.25, 0.3) is 0 Å². The molecule has 2 aliphatic rings. The minimum absolute atomic E-state index is 0.794. The van der Waals surface area contributed by atoms with Crippen molar-refractivity contribution in [3.05, 3.63) is 0 Å². The Balaban J connectivity index is 1.71. The Labute approximate surface area is 82.3 Å². The second-order valence-corrected chi connectivity index (χ2v) is 5.10. The summed E-state index contributed by atoms with van der Waals surface area (Å²) in [6, 6.07) is 0. The van der Waals surface area contributed by atoms with Gasteiger partial charge in [0.2, 0.25) is 0 Å². The van der Waals surface area contributed by atoms with Crippen molar-refractivity contribution in [3.63, 3.8) is 0 Å². The molecule has 2 rings (SSSR count). The van der Waals surface area contributed by atoms with E-state index in [1.165, 1.54) is 58.0 Å². The van der Waals surface area contributed by atoms with Gasteiger partial charge in [0.1, 0.15) is 0 Å². The molecule has 13 heavy (non-hydrogen) atoms. The third-order valence-electron chi connectivity index (χ3n) is 4.41. The molecule has 0 bridgehead atoms. The SMILES string of the molecule is CCC1(CCC2CCNC2)CCC1. The molecule has 1 unspecified atom stereocenters. The zero-order chi connectivity index (χ0) is 9.15. The predicted molar refractivity (Wildman–Crippen MR) is 56.8 cm³/mol. The summed E-state index contributed by atoms with van der Waals surface area (Å²) in [5, 5.41) is 3.46. The Kier molecular flexibility index (Phi) is 2.92. The molecule has 1 heteroatoms. The van der Waals surface area contributed by atoms with Gasteiger partial charge in [-0.15, -0.1) is 0 Å². The highest BCUT2D eigenvalue weighted by molar-refractivity contribution is 4.87. The van der Waals surface area contributed by atoms with Gasteiger partial charge in [0.15, 0.2) is 0 Å². The van der Waals surface area contributed by atoms with Gasteiger partial charge in [-0.2, -0.15) is 0 Å². The highest BCUT2D eigenvalue weighted by Gasteiger charge is 2.35. The van der Waals surface area contributed by atoms with Crippen LogP contribution < -0.4 is 5.32 Å². The molecule has 1 heterocycles. The third-order valence-corrected chi connectivity index (χ3v) is 4.41. The molecule has 1 aliphatic heterocycles. The van der Waals surface area contributed by atoms with Gasteiger partial charge in [0, 0.05) is 0 Å². The fourth-order valence-electron chi connectivity index (χ4n) is 2.93. The fourth-order valence-corrected chi connectivity index (χ4v) is 2.93. The van der Waals surface area contributed by atoms with Gasteiger partial charge in [-0.05, 0) is 56.5 Å². The Hall–Kier alpha value is -0.0400. The van der Waals surface area contributed by atoms with Crippen molar-refractivity contribution >= 4 is 0 Å². The topological polar surface area (TPSA) is 12.0 Å². The molecule has 2 fully saturated rings. The van der Waals surface area contributed by atoms with Crippen molar-refractivity contribution in [2.45, 2.75) is 51.9 Å². The Morgan fingerprint density at radius 3 is 2.69 bits per heavy atom. The van der Waals surface area contributed by atoms with Gasteiger partial charge in [-0.25, -0.2) is 0 Å². The summed E-state index contributed by atoms with van der Waals surface area (Å²) in [5.74, 6) is 1.00. The Morgan fingerprint density at radius 2 is 2.23 bits per heavy atom. The van der Waals surface area contributed by atoms with E-state index in [4.69, 9.17) is 0 Å². The molecular weight excluding hydrogens is 158 g/mol. The van der Waals surface area contributed by atoms with Crippen LogP contribution in [0.15, 0.2) is 0 Å². The van der Waals surface area contributed by atoms with Gasteiger partial charge in [0.05, 0.1) is 0 Å². The Morgan fingerprint density at radius 1 is 1.38 bits per heavy atom. The molecule has 0 radical (unpaired) electrons. The van der Waals surface area contributed by atoms with Crippen LogP contribution in [0.4, 0.5) is 0 Å². The molecule has 76 valence electrons. The first-order valence-corrected chi connectivity index (χ1v) is 6.05. The van der Waals surface area contributed by atoms with Crippen LogP contribution in [0.2, 0.25) is 0 Å². The average Bonchev–Trinajstić information content (AvgIpc) is 2.56. The van der Waals surface area contributed by atoms with E-state index in [0.717, 1.165) is 11.3 Å². The lowest BCUT2D eigenvalue weighted by Gasteiger charge is -2.42. The van der Waals surface area contributed by atoms with E-state index in [0.29, 0.717) is 0 Å². The van der Waals surface area contributed by atoms with Crippen LogP contribution in [0.5, 0.6) is 0 Å². The molecule has 0 aromatic rings. The predicted octanol–water partition coefficient (Wildman–Crippen LogP) is 2.96. The highest BCUT2D eigenvalue weighted by Crippen LogP contribution is 2.48. The van der Waals surface area contributed by atoms with Crippen molar-refractivity contribution in [1.29, 1.82) is 0 Å². The van der Waals surface area contributed by atoms with E-state index < -0.39 is 0 Å². The maximum atomic E-state index is 3.46. The van der Waals surface area contributed by atoms with Gasteiger partial charge >= 0.3 is 0 Å². The number of rotatable bonds is 4. The molecule has 0 spiro atoms. The van der Waals surface area contributed by atoms with Crippen molar-refractivity contribution in [2.75, 3.05) is 13.1 Å². The molecule has 1 saturated heterocycles. The molecule has 1 nitrogen and oxygen atoms in total. The minimum Gasteiger partial charge on any atom is -0.316 e. The number of hydrogen-bond donors (Lipinski definition) is 1. The summed E-state index contributed by atoms with van der Waals surface area (Å²) in [7, 11) is 0. The summed E-state index contributed by atoms with van der Waals surface area (Å²) in [4.78, 5) is 0. The monoisotopic (exact) mass is 181 g/mol. The second kappa shape index (κ2) is 4.00. The van der Waals surface area contributed by atoms with Gasteiger partial charge in [-0.1, -0.05) is 19.8 Å². The van der Waals surface area contributed by atoms with E-state index in [2.05, 4.69) is 12.2 Å². The van der Waals surface area contributed by atoms with Crippen LogP contribution in [-0.2, 0) is 0 Å². The third kappa shape index (κ3) is 2.07. The first-order chi connectivity index (χ1) is 6.35. The largest absolute Gasteiger partial charge is 0.316 e. The quantitative estimate of drug-likeness (QED) is 0.703. The maximum Gasteiger partial charge on any atom is -0.00200 e. The lowest BCUT2D eigenvalue weighted by molar-refractivity contribution is 0.103. The first-order valence-electron chi connectivity index (χ1n) is 6.05. The molecule has 1 saturated carbocycles. The van der Waals surface area contributed by atoms with Gasteiger partial charge in [-0.3, -0.25) is 0 Å². The fraction of sp³-hybridized carbons (Fsp3) is 1.00. The van der Waals surface area contributed by atoms with Crippen LogP contribution in [0.3, 0.4) is 0 Å². The lowest BCUT2D eigenvalue weighted by Crippen LogP contribution is -2.29.